The Labute approximate surface area is 137 Å². The summed E-state index contributed by atoms with van der Waals surface area (Å²) in [7, 11) is 0. The number of aromatic amines is 1. The second kappa shape index (κ2) is 6.38. The molecule has 0 saturated carbocycles. The highest BCUT2D eigenvalue weighted by Gasteiger charge is 2.16. The second-order valence-electron chi connectivity index (χ2n) is 5.31. The molecule has 1 amide bonds. The van der Waals surface area contributed by atoms with Crippen molar-refractivity contribution in [2.45, 2.75) is 19.4 Å². The maximum absolute atomic E-state index is 12.4. The fourth-order valence-corrected chi connectivity index (χ4v) is 2.39. The highest BCUT2D eigenvalue weighted by atomic mass is 16.2. The number of amides is 1. The number of aryl methyl sites for hydroxylation is 1. The minimum atomic E-state index is -0.764. The van der Waals surface area contributed by atoms with Crippen LogP contribution in [-0.2, 0) is 6.42 Å². The van der Waals surface area contributed by atoms with Crippen molar-refractivity contribution in [2.24, 2.45) is 0 Å². The summed E-state index contributed by atoms with van der Waals surface area (Å²) in [5.74, 6) is -0.434. The zero-order chi connectivity index (χ0) is 17.1. The summed E-state index contributed by atoms with van der Waals surface area (Å²) >= 11 is 0. The van der Waals surface area contributed by atoms with Crippen molar-refractivity contribution < 1.29 is 4.79 Å². The van der Waals surface area contributed by atoms with Gasteiger partial charge in [0.15, 0.2) is 5.65 Å². The summed E-state index contributed by atoms with van der Waals surface area (Å²) in [4.78, 5) is 24.0. The van der Waals surface area contributed by atoms with Gasteiger partial charge in [0.25, 0.3) is 5.91 Å². The molecule has 0 saturated heterocycles. The standard InChI is InChI=1S/C17H15N5O2/c1-2-11-3-5-12(6-4-11)14(9-18)19-16(23)13-7-8-15-20-21-17(24)22(15)10-13/h3-8,10,14H,2H2,1H3,(H,19,23)(H,21,24). The van der Waals surface area contributed by atoms with Gasteiger partial charge in [0, 0.05) is 6.20 Å². The molecule has 24 heavy (non-hydrogen) atoms. The molecule has 2 N–H and O–H groups in total. The monoisotopic (exact) mass is 321 g/mol. The van der Waals surface area contributed by atoms with Gasteiger partial charge in [-0.3, -0.25) is 4.79 Å². The smallest absolute Gasteiger partial charge is 0.332 e. The first-order valence-corrected chi connectivity index (χ1v) is 7.48. The van der Waals surface area contributed by atoms with Crippen LogP contribution in [0.2, 0.25) is 0 Å². The molecule has 0 aliphatic carbocycles. The van der Waals surface area contributed by atoms with Crippen LogP contribution in [0, 0.1) is 11.3 Å². The van der Waals surface area contributed by atoms with Crippen molar-refractivity contribution >= 4 is 11.6 Å². The molecule has 3 aromatic rings. The zero-order valence-electron chi connectivity index (χ0n) is 13.0. The maximum Gasteiger partial charge on any atom is 0.347 e. The molecule has 2 aromatic heterocycles. The summed E-state index contributed by atoms with van der Waals surface area (Å²) < 4.78 is 1.24. The Morgan fingerprint density at radius 3 is 2.75 bits per heavy atom. The number of rotatable bonds is 4. The van der Waals surface area contributed by atoms with E-state index in [0.717, 1.165) is 12.0 Å². The molecule has 120 valence electrons. The predicted octanol–water partition coefficient (Wildman–Crippen LogP) is 1.58. The van der Waals surface area contributed by atoms with E-state index in [-0.39, 0.29) is 5.56 Å². The van der Waals surface area contributed by atoms with E-state index < -0.39 is 17.6 Å². The Kier molecular flexibility index (Phi) is 4.12. The van der Waals surface area contributed by atoms with E-state index in [1.165, 1.54) is 10.6 Å². The van der Waals surface area contributed by atoms with Crippen molar-refractivity contribution in [3.8, 4) is 6.07 Å². The normalized spacial score (nSPS) is 11.8. The predicted molar refractivity (Wildman–Crippen MR) is 87.5 cm³/mol. The topological polar surface area (TPSA) is 103 Å². The van der Waals surface area contributed by atoms with Crippen LogP contribution in [0.5, 0.6) is 0 Å². The van der Waals surface area contributed by atoms with Crippen LogP contribution in [0.3, 0.4) is 0 Å². The molecule has 0 bridgehead atoms. The largest absolute Gasteiger partial charge is 0.347 e. The van der Waals surface area contributed by atoms with Crippen LogP contribution >= 0.6 is 0 Å². The molecule has 0 fully saturated rings. The molecule has 7 nitrogen and oxygen atoms in total. The highest BCUT2D eigenvalue weighted by molar-refractivity contribution is 5.94. The molecule has 2 heterocycles. The quantitative estimate of drug-likeness (QED) is 0.761. The van der Waals surface area contributed by atoms with Gasteiger partial charge in [-0.05, 0) is 29.7 Å². The van der Waals surface area contributed by atoms with Crippen molar-refractivity contribution in [1.82, 2.24) is 19.9 Å². The number of carbonyl (C=O) groups excluding carboxylic acids is 1. The van der Waals surface area contributed by atoms with E-state index >= 15 is 0 Å². The Balaban J connectivity index is 1.83. The summed E-state index contributed by atoms with van der Waals surface area (Å²) in [6, 6.07) is 12.0. The zero-order valence-corrected chi connectivity index (χ0v) is 13.0. The minimum absolute atomic E-state index is 0.274. The molecule has 3 rings (SSSR count). The lowest BCUT2D eigenvalue weighted by Gasteiger charge is -2.12. The Morgan fingerprint density at radius 1 is 1.33 bits per heavy atom. The number of pyridine rings is 1. The van der Waals surface area contributed by atoms with Crippen molar-refractivity contribution in [3.05, 3.63) is 69.8 Å². The Morgan fingerprint density at radius 2 is 2.08 bits per heavy atom. The molecule has 0 spiro atoms. The van der Waals surface area contributed by atoms with Gasteiger partial charge in [-0.15, -0.1) is 0 Å². The van der Waals surface area contributed by atoms with Crippen LogP contribution in [0.25, 0.3) is 5.65 Å². The third kappa shape index (κ3) is 2.90. The van der Waals surface area contributed by atoms with E-state index in [2.05, 4.69) is 21.6 Å². The molecule has 0 aliphatic heterocycles. The number of fused-ring (bicyclic) bond motifs is 1. The molecular weight excluding hydrogens is 306 g/mol. The molecule has 0 radical (unpaired) electrons. The van der Waals surface area contributed by atoms with Crippen molar-refractivity contribution in [3.63, 3.8) is 0 Å². The van der Waals surface area contributed by atoms with Crippen LogP contribution in [0.1, 0.15) is 34.5 Å². The molecule has 7 heteroatoms. The fourth-order valence-electron chi connectivity index (χ4n) is 2.39. The number of nitrogens with zero attached hydrogens (tertiary/aromatic N) is 3. The average molecular weight is 321 g/mol. The van der Waals surface area contributed by atoms with Gasteiger partial charge in [0.1, 0.15) is 6.04 Å². The number of hydrogen-bond acceptors (Lipinski definition) is 4. The number of hydrogen-bond donors (Lipinski definition) is 2. The van der Waals surface area contributed by atoms with E-state index in [1.807, 2.05) is 31.2 Å². The second-order valence-corrected chi connectivity index (χ2v) is 5.31. The minimum Gasteiger partial charge on any atom is -0.332 e. The fraction of sp³-hybridized carbons (Fsp3) is 0.176. The Hall–Kier alpha value is -3.40. The van der Waals surface area contributed by atoms with Crippen LogP contribution in [0.15, 0.2) is 47.4 Å². The first-order valence-electron chi connectivity index (χ1n) is 7.48. The Bertz CT molecular complexity index is 979. The summed E-state index contributed by atoms with van der Waals surface area (Å²) in [6.45, 7) is 2.05. The van der Waals surface area contributed by atoms with E-state index in [0.29, 0.717) is 11.2 Å². The number of carbonyl (C=O) groups is 1. The number of benzene rings is 1. The van der Waals surface area contributed by atoms with Gasteiger partial charge < -0.3 is 5.32 Å². The van der Waals surface area contributed by atoms with Gasteiger partial charge in [0.05, 0.1) is 11.6 Å². The summed E-state index contributed by atoms with van der Waals surface area (Å²) in [5, 5.41) is 18.1. The summed E-state index contributed by atoms with van der Waals surface area (Å²) in [6.07, 6.45) is 2.30. The van der Waals surface area contributed by atoms with Crippen LogP contribution in [-0.4, -0.2) is 20.5 Å². The number of nitriles is 1. The van der Waals surface area contributed by atoms with Crippen molar-refractivity contribution in [2.75, 3.05) is 0 Å². The van der Waals surface area contributed by atoms with E-state index in [1.54, 1.807) is 12.1 Å². The van der Waals surface area contributed by atoms with Crippen LogP contribution < -0.4 is 11.0 Å². The van der Waals surface area contributed by atoms with Crippen LogP contribution in [0.4, 0.5) is 0 Å². The average Bonchev–Trinajstić information content (AvgIpc) is 3.00. The van der Waals surface area contributed by atoms with Gasteiger partial charge in [0.2, 0.25) is 0 Å². The van der Waals surface area contributed by atoms with E-state index in [9.17, 15) is 14.9 Å². The highest BCUT2D eigenvalue weighted by Crippen LogP contribution is 2.15. The molecule has 1 aromatic carbocycles. The van der Waals surface area contributed by atoms with Gasteiger partial charge in [-0.25, -0.2) is 14.3 Å². The van der Waals surface area contributed by atoms with Crippen molar-refractivity contribution in [1.29, 1.82) is 5.26 Å². The molecule has 1 unspecified atom stereocenters. The molecule has 1 atom stereocenters. The maximum atomic E-state index is 12.4. The van der Waals surface area contributed by atoms with Gasteiger partial charge in [-0.1, -0.05) is 31.2 Å². The first kappa shape index (κ1) is 15.5. The molecular formula is C17H15N5O2. The lowest BCUT2D eigenvalue weighted by Crippen LogP contribution is -2.28. The third-order valence-corrected chi connectivity index (χ3v) is 3.80. The number of nitrogens with one attached hydrogen (secondary N) is 2. The molecule has 0 aliphatic rings. The summed E-state index contributed by atoms with van der Waals surface area (Å²) in [5.41, 5.74) is 2.14. The third-order valence-electron chi connectivity index (χ3n) is 3.80. The number of aromatic nitrogens is 3. The lowest BCUT2D eigenvalue weighted by atomic mass is 10.0. The van der Waals surface area contributed by atoms with Gasteiger partial charge >= 0.3 is 5.69 Å². The van der Waals surface area contributed by atoms with Gasteiger partial charge in [-0.2, -0.15) is 10.4 Å². The lowest BCUT2D eigenvalue weighted by molar-refractivity contribution is 0.0944. The first-order chi connectivity index (χ1) is 11.6. The number of H-pyrrole nitrogens is 1. The SMILES string of the molecule is CCc1ccc(C(C#N)NC(=O)c2ccc3n[nH]c(=O)n3c2)cc1. The van der Waals surface area contributed by atoms with E-state index in [4.69, 9.17) is 0 Å².